The van der Waals surface area contributed by atoms with Gasteiger partial charge in [-0.1, -0.05) is 18.2 Å². The summed E-state index contributed by atoms with van der Waals surface area (Å²) >= 11 is 0. The molecule has 5 rings (SSSR count). The molecule has 202 valence electrons. The third-order valence-corrected chi connectivity index (χ3v) is 6.93. The summed E-state index contributed by atoms with van der Waals surface area (Å²) in [5.41, 5.74) is 3.03. The summed E-state index contributed by atoms with van der Waals surface area (Å²) in [6.07, 6.45) is 3.28. The van der Waals surface area contributed by atoms with Crippen molar-refractivity contribution in [2.24, 2.45) is 7.05 Å². The number of nitro benzene ring substituents is 1. The van der Waals surface area contributed by atoms with E-state index in [1.807, 2.05) is 54.0 Å². The molecule has 0 amide bonds. The Hall–Kier alpha value is -4.71. The SMILES string of the molecule is COC(=O)c1cnc(Nc2cc([N+](=O)[O-])c(N3CCN(C)CC3)cc2OC)nc1-c1cn(C)c2ccccc12. The molecular weight excluding hydrogens is 502 g/mol. The fourth-order valence-corrected chi connectivity index (χ4v) is 4.83. The average Bonchev–Trinajstić information content (AvgIpc) is 3.29. The topological polar surface area (TPSA) is 128 Å². The largest absolute Gasteiger partial charge is 0.494 e. The van der Waals surface area contributed by atoms with Gasteiger partial charge in [0.05, 0.1) is 30.5 Å². The number of hydrogen-bond acceptors (Lipinski definition) is 10. The number of anilines is 3. The molecule has 2 aromatic heterocycles. The second-order valence-electron chi connectivity index (χ2n) is 9.33. The van der Waals surface area contributed by atoms with Crippen LogP contribution in [0, 0.1) is 10.1 Å². The Morgan fingerprint density at radius 1 is 1.10 bits per heavy atom. The van der Waals surface area contributed by atoms with E-state index in [0.29, 0.717) is 35.9 Å². The van der Waals surface area contributed by atoms with Crippen molar-refractivity contribution in [3.8, 4) is 17.0 Å². The standard InChI is InChI=1S/C27H29N7O5/c1-31-9-11-33(12-10-31)22-14-24(38-3)20(13-23(22)34(36)37)29-27-28-15-18(26(35)39-4)25(30-27)19-16-32(2)21-8-6-5-7-17(19)21/h5-8,13-16H,9-12H2,1-4H3,(H,28,29,30). The highest BCUT2D eigenvalue weighted by molar-refractivity contribution is 6.02. The number of piperazine rings is 1. The summed E-state index contributed by atoms with van der Waals surface area (Å²) in [5, 5.41) is 16.0. The van der Waals surface area contributed by atoms with Gasteiger partial charge in [0, 0.05) is 74.2 Å². The highest BCUT2D eigenvalue weighted by atomic mass is 16.6. The van der Waals surface area contributed by atoms with Crippen LogP contribution in [0.3, 0.4) is 0 Å². The number of likely N-dealkylation sites (N-methyl/N-ethyl adjacent to an activating group) is 1. The first-order valence-corrected chi connectivity index (χ1v) is 12.4. The van der Waals surface area contributed by atoms with E-state index in [-0.39, 0.29) is 17.2 Å². The molecule has 1 saturated heterocycles. The number of nitro groups is 1. The summed E-state index contributed by atoms with van der Waals surface area (Å²) in [7, 11) is 6.74. The summed E-state index contributed by atoms with van der Waals surface area (Å²) in [6, 6.07) is 10.9. The van der Waals surface area contributed by atoms with Gasteiger partial charge in [-0.15, -0.1) is 0 Å². The molecule has 2 aromatic carbocycles. The molecule has 1 fully saturated rings. The zero-order valence-electron chi connectivity index (χ0n) is 22.2. The van der Waals surface area contributed by atoms with Crippen LogP contribution in [0.4, 0.5) is 23.0 Å². The van der Waals surface area contributed by atoms with Crippen molar-refractivity contribution in [3.05, 3.63) is 64.5 Å². The number of aromatic nitrogens is 3. The number of carbonyl (C=O) groups excluding carboxylic acids is 1. The molecule has 0 unspecified atom stereocenters. The van der Waals surface area contributed by atoms with E-state index in [9.17, 15) is 14.9 Å². The maximum atomic E-state index is 12.6. The van der Waals surface area contributed by atoms with E-state index in [2.05, 4.69) is 20.2 Å². The van der Waals surface area contributed by atoms with Gasteiger partial charge in [0.1, 0.15) is 17.0 Å². The third-order valence-electron chi connectivity index (χ3n) is 6.93. The number of carbonyl (C=O) groups is 1. The van der Waals surface area contributed by atoms with Crippen LogP contribution in [0.5, 0.6) is 5.75 Å². The number of nitrogens with zero attached hydrogens (tertiary/aromatic N) is 6. The van der Waals surface area contributed by atoms with Gasteiger partial charge in [-0.25, -0.2) is 14.8 Å². The van der Waals surface area contributed by atoms with Crippen LogP contribution in [0.25, 0.3) is 22.2 Å². The van der Waals surface area contributed by atoms with Crippen LogP contribution >= 0.6 is 0 Å². The molecule has 39 heavy (non-hydrogen) atoms. The first-order chi connectivity index (χ1) is 18.8. The summed E-state index contributed by atoms with van der Waals surface area (Å²) in [4.78, 5) is 37.4. The number of benzene rings is 2. The van der Waals surface area contributed by atoms with E-state index in [1.165, 1.54) is 26.5 Å². The van der Waals surface area contributed by atoms with Gasteiger partial charge in [0.25, 0.3) is 5.69 Å². The van der Waals surface area contributed by atoms with Crippen molar-refractivity contribution in [1.29, 1.82) is 0 Å². The summed E-state index contributed by atoms with van der Waals surface area (Å²) in [5.74, 6) is -0.0263. The van der Waals surface area contributed by atoms with Gasteiger partial charge in [-0.2, -0.15) is 0 Å². The Kier molecular flexibility index (Phi) is 7.03. The zero-order valence-corrected chi connectivity index (χ0v) is 22.2. The Morgan fingerprint density at radius 3 is 2.54 bits per heavy atom. The van der Waals surface area contributed by atoms with Crippen LogP contribution in [0.15, 0.2) is 48.8 Å². The number of nitrogens with one attached hydrogen (secondary N) is 1. The van der Waals surface area contributed by atoms with Crippen LogP contribution in [-0.4, -0.2) is 77.8 Å². The molecule has 0 radical (unpaired) electrons. The quantitative estimate of drug-likeness (QED) is 0.213. The van der Waals surface area contributed by atoms with Gasteiger partial charge >= 0.3 is 5.97 Å². The molecule has 0 bridgehead atoms. The number of esters is 1. The molecule has 3 heterocycles. The number of fused-ring (bicyclic) bond motifs is 1. The molecular formula is C27H29N7O5. The molecule has 1 aliphatic heterocycles. The monoisotopic (exact) mass is 531 g/mol. The van der Waals surface area contributed by atoms with Crippen LogP contribution in [-0.2, 0) is 11.8 Å². The molecule has 0 atom stereocenters. The lowest BCUT2D eigenvalue weighted by Crippen LogP contribution is -2.44. The molecule has 0 aliphatic carbocycles. The normalized spacial score (nSPS) is 13.9. The highest BCUT2D eigenvalue weighted by Crippen LogP contribution is 2.40. The predicted molar refractivity (Wildman–Crippen MR) is 148 cm³/mol. The summed E-state index contributed by atoms with van der Waals surface area (Å²) in [6.45, 7) is 2.94. The van der Waals surface area contributed by atoms with Crippen LogP contribution < -0.4 is 15.0 Å². The Balaban J connectivity index is 1.58. The maximum Gasteiger partial charge on any atom is 0.341 e. The van der Waals surface area contributed by atoms with E-state index >= 15 is 0 Å². The Morgan fingerprint density at radius 2 is 1.85 bits per heavy atom. The van der Waals surface area contributed by atoms with Gasteiger partial charge in [-0.05, 0) is 13.1 Å². The first-order valence-electron chi connectivity index (χ1n) is 12.4. The fourth-order valence-electron chi connectivity index (χ4n) is 4.83. The maximum absolute atomic E-state index is 12.6. The zero-order chi connectivity index (χ0) is 27.7. The summed E-state index contributed by atoms with van der Waals surface area (Å²) < 4.78 is 12.5. The van der Waals surface area contributed by atoms with E-state index < -0.39 is 10.9 Å². The lowest BCUT2D eigenvalue weighted by molar-refractivity contribution is -0.384. The van der Waals surface area contributed by atoms with E-state index in [0.717, 1.165) is 29.6 Å². The third kappa shape index (κ3) is 4.93. The molecule has 0 saturated carbocycles. The van der Waals surface area contributed by atoms with Gasteiger partial charge < -0.3 is 29.2 Å². The molecule has 12 nitrogen and oxygen atoms in total. The number of aryl methyl sites for hydroxylation is 1. The van der Waals surface area contributed by atoms with Crippen molar-refractivity contribution in [2.75, 3.05) is 57.7 Å². The molecule has 4 aromatic rings. The number of methoxy groups -OCH3 is 2. The highest BCUT2D eigenvalue weighted by Gasteiger charge is 2.26. The number of hydrogen-bond donors (Lipinski definition) is 1. The minimum atomic E-state index is -0.575. The van der Waals surface area contributed by atoms with Crippen LogP contribution in [0.1, 0.15) is 10.4 Å². The van der Waals surface area contributed by atoms with E-state index in [4.69, 9.17) is 9.47 Å². The van der Waals surface area contributed by atoms with Crippen molar-refractivity contribution < 1.29 is 19.2 Å². The Labute approximate surface area is 224 Å². The first kappa shape index (κ1) is 25.9. The minimum Gasteiger partial charge on any atom is -0.494 e. The van der Waals surface area contributed by atoms with Crippen molar-refractivity contribution in [3.63, 3.8) is 0 Å². The number of para-hydroxylation sites is 1. The van der Waals surface area contributed by atoms with Crippen molar-refractivity contribution in [2.45, 2.75) is 0 Å². The molecule has 1 aliphatic rings. The average molecular weight is 532 g/mol. The lowest BCUT2D eigenvalue weighted by atomic mass is 10.1. The number of rotatable bonds is 7. The second kappa shape index (κ2) is 10.6. The van der Waals surface area contributed by atoms with Gasteiger partial charge in [0.15, 0.2) is 0 Å². The van der Waals surface area contributed by atoms with Crippen molar-refractivity contribution >= 4 is 39.9 Å². The molecule has 12 heteroatoms. The minimum absolute atomic E-state index is 0.0525. The fraction of sp³-hybridized carbons (Fsp3) is 0.296. The van der Waals surface area contributed by atoms with E-state index in [1.54, 1.807) is 6.07 Å². The van der Waals surface area contributed by atoms with Crippen LogP contribution in [0.2, 0.25) is 0 Å². The molecule has 0 spiro atoms. The van der Waals surface area contributed by atoms with Crippen molar-refractivity contribution in [1.82, 2.24) is 19.4 Å². The predicted octanol–water partition coefficient (Wildman–Crippen LogP) is 3.83. The second-order valence-corrected chi connectivity index (χ2v) is 9.33. The molecule has 1 N–H and O–H groups in total. The van der Waals surface area contributed by atoms with Gasteiger partial charge in [-0.3, -0.25) is 10.1 Å². The lowest BCUT2D eigenvalue weighted by Gasteiger charge is -2.34. The Bertz CT molecular complexity index is 1560. The number of ether oxygens (including phenoxy) is 2. The van der Waals surface area contributed by atoms with Gasteiger partial charge in [0.2, 0.25) is 5.95 Å². The smallest absolute Gasteiger partial charge is 0.341 e.